The normalized spacial score (nSPS) is 14.8. The molecular formula is C23H32N2O3. The molecule has 0 aromatic heterocycles. The molecule has 0 radical (unpaired) electrons. The van der Waals surface area contributed by atoms with Crippen molar-refractivity contribution in [2.24, 2.45) is 0 Å². The molecule has 2 rings (SSSR count). The summed E-state index contributed by atoms with van der Waals surface area (Å²) in [6.45, 7) is 4.68. The monoisotopic (exact) mass is 384 g/mol. The van der Waals surface area contributed by atoms with Gasteiger partial charge in [-0.15, -0.1) is 0 Å². The van der Waals surface area contributed by atoms with Crippen LogP contribution in [0.25, 0.3) is 0 Å². The predicted octanol–water partition coefficient (Wildman–Crippen LogP) is 4.52. The third-order valence-electron chi connectivity index (χ3n) is 5.27. The maximum absolute atomic E-state index is 13.2. The van der Waals surface area contributed by atoms with E-state index < -0.39 is 0 Å². The Morgan fingerprint density at radius 3 is 2.61 bits per heavy atom. The molecular weight excluding hydrogens is 352 g/mol. The summed E-state index contributed by atoms with van der Waals surface area (Å²) in [7, 11) is 0. The first kappa shape index (κ1) is 21.9. The van der Waals surface area contributed by atoms with E-state index >= 15 is 0 Å². The summed E-state index contributed by atoms with van der Waals surface area (Å²) in [4.78, 5) is 38.4. The van der Waals surface area contributed by atoms with Crippen molar-refractivity contribution in [1.82, 2.24) is 4.90 Å². The Bertz CT molecular complexity index is 706. The average molecular weight is 385 g/mol. The first-order valence-electron chi connectivity index (χ1n) is 10.4. The second kappa shape index (κ2) is 11.4. The number of carbonyl (C=O) groups excluding carboxylic acids is 3. The lowest BCUT2D eigenvalue weighted by Gasteiger charge is -2.34. The van der Waals surface area contributed by atoms with Gasteiger partial charge in [0.2, 0.25) is 11.8 Å². The molecule has 28 heavy (non-hydrogen) atoms. The minimum Gasteiger partial charge on any atom is -0.339 e. The molecule has 1 fully saturated rings. The number of nitrogens with zero attached hydrogens (tertiary/aromatic N) is 1. The maximum Gasteiger partial charge on any atom is 0.248 e. The van der Waals surface area contributed by atoms with Gasteiger partial charge in [-0.25, -0.2) is 0 Å². The van der Waals surface area contributed by atoms with Gasteiger partial charge in [0.15, 0.2) is 0 Å². The molecule has 5 nitrogen and oxygen atoms in total. The Balaban J connectivity index is 2.22. The van der Waals surface area contributed by atoms with Crippen LogP contribution in [0.15, 0.2) is 30.4 Å². The van der Waals surface area contributed by atoms with Crippen LogP contribution >= 0.6 is 0 Å². The third-order valence-corrected chi connectivity index (χ3v) is 5.27. The lowest BCUT2D eigenvalue weighted by Crippen LogP contribution is -2.43. The van der Waals surface area contributed by atoms with Gasteiger partial charge in [0.05, 0.1) is 6.42 Å². The molecule has 1 aliphatic carbocycles. The SMILES string of the molecule is C/C=C/C(=O)Nc1ccc(C=O)cc1CC(=O)N(CCCC)C1CCCCC1. The zero-order valence-corrected chi connectivity index (χ0v) is 17.1. The Morgan fingerprint density at radius 2 is 1.96 bits per heavy atom. The van der Waals surface area contributed by atoms with E-state index in [0.29, 0.717) is 22.9 Å². The van der Waals surface area contributed by atoms with Crippen molar-refractivity contribution in [2.45, 2.75) is 71.3 Å². The number of anilines is 1. The van der Waals surface area contributed by atoms with Crippen LogP contribution in [-0.2, 0) is 16.0 Å². The van der Waals surface area contributed by atoms with Crippen molar-refractivity contribution in [3.05, 3.63) is 41.5 Å². The van der Waals surface area contributed by atoms with Crippen LogP contribution in [0, 0.1) is 0 Å². The number of amides is 2. The van der Waals surface area contributed by atoms with E-state index in [1.165, 1.54) is 25.3 Å². The highest BCUT2D eigenvalue weighted by Crippen LogP contribution is 2.25. The third kappa shape index (κ3) is 6.32. The Morgan fingerprint density at radius 1 is 1.21 bits per heavy atom. The first-order chi connectivity index (χ1) is 13.6. The molecule has 1 N–H and O–H groups in total. The number of rotatable bonds is 9. The fraction of sp³-hybridized carbons (Fsp3) is 0.522. The quantitative estimate of drug-likeness (QED) is 0.503. The molecule has 2 amide bonds. The zero-order valence-electron chi connectivity index (χ0n) is 17.1. The maximum atomic E-state index is 13.2. The zero-order chi connectivity index (χ0) is 20.4. The molecule has 1 aliphatic rings. The molecule has 1 saturated carbocycles. The van der Waals surface area contributed by atoms with Gasteiger partial charge in [-0.3, -0.25) is 14.4 Å². The van der Waals surface area contributed by atoms with Gasteiger partial charge < -0.3 is 10.2 Å². The molecule has 152 valence electrons. The standard InChI is InChI=1S/C23H32N2O3/c1-3-5-14-25(20-10-7-6-8-11-20)23(28)16-19-15-18(17-26)12-13-21(19)24-22(27)9-4-2/h4,9,12-13,15,17,20H,3,5-8,10-11,14,16H2,1-2H3,(H,24,27)/b9-4+. The first-order valence-corrected chi connectivity index (χ1v) is 10.4. The summed E-state index contributed by atoms with van der Waals surface area (Å²) in [5.74, 6) is -0.171. The van der Waals surface area contributed by atoms with Gasteiger partial charge in [0, 0.05) is 23.8 Å². The molecule has 0 heterocycles. The molecule has 0 bridgehead atoms. The number of nitrogens with one attached hydrogen (secondary N) is 1. The Hall–Kier alpha value is -2.43. The van der Waals surface area contributed by atoms with Crippen LogP contribution in [0.3, 0.4) is 0 Å². The molecule has 0 aliphatic heterocycles. The average Bonchev–Trinajstić information content (AvgIpc) is 2.70. The van der Waals surface area contributed by atoms with Crippen molar-refractivity contribution in [1.29, 1.82) is 0 Å². The van der Waals surface area contributed by atoms with Gasteiger partial charge in [0.25, 0.3) is 0 Å². The van der Waals surface area contributed by atoms with Crippen molar-refractivity contribution >= 4 is 23.8 Å². The molecule has 1 aromatic rings. The number of aldehydes is 1. The number of benzene rings is 1. The van der Waals surface area contributed by atoms with E-state index in [-0.39, 0.29) is 18.2 Å². The second-order valence-electron chi connectivity index (χ2n) is 7.43. The van der Waals surface area contributed by atoms with E-state index in [4.69, 9.17) is 0 Å². The highest BCUT2D eigenvalue weighted by Gasteiger charge is 2.25. The van der Waals surface area contributed by atoms with Crippen molar-refractivity contribution in [3.63, 3.8) is 0 Å². The van der Waals surface area contributed by atoms with Gasteiger partial charge in [0.1, 0.15) is 6.29 Å². The lowest BCUT2D eigenvalue weighted by molar-refractivity contribution is -0.133. The Kier molecular flexibility index (Phi) is 8.92. The van der Waals surface area contributed by atoms with E-state index in [1.807, 2.05) is 4.90 Å². The number of hydrogen-bond acceptors (Lipinski definition) is 3. The van der Waals surface area contributed by atoms with Crippen LogP contribution < -0.4 is 5.32 Å². The number of unbranched alkanes of at least 4 members (excludes halogenated alkanes) is 1. The second-order valence-corrected chi connectivity index (χ2v) is 7.43. The van der Waals surface area contributed by atoms with E-state index in [9.17, 15) is 14.4 Å². The van der Waals surface area contributed by atoms with Crippen LogP contribution in [0.1, 0.15) is 74.7 Å². The van der Waals surface area contributed by atoms with Crippen molar-refractivity contribution in [2.75, 3.05) is 11.9 Å². The predicted molar refractivity (Wildman–Crippen MR) is 112 cm³/mol. The minimum atomic E-state index is -0.245. The largest absolute Gasteiger partial charge is 0.339 e. The summed E-state index contributed by atoms with van der Waals surface area (Å²) in [6, 6.07) is 5.37. The summed E-state index contributed by atoms with van der Waals surface area (Å²) in [5.41, 5.74) is 1.77. The number of hydrogen-bond donors (Lipinski definition) is 1. The molecule has 5 heteroatoms. The Labute approximate surface area is 168 Å². The van der Waals surface area contributed by atoms with E-state index in [2.05, 4.69) is 12.2 Å². The van der Waals surface area contributed by atoms with Gasteiger partial charge in [-0.2, -0.15) is 0 Å². The fourth-order valence-corrected chi connectivity index (χ4v) is 3.78. The van der Waals surface area contributed by atoms with Gasteiger partial charge >= 0.3 is 0 Å². The summed E-state index contributed by atoms with van der Waals surface area (Å²) < 4.78 is 0. The van der Waals surface area contributed by atoms with Crippen LogP contribution in [0.5, 0.6) is 0 Å². The van der Waals surface area contributed by atoms with Crippen molar-refractivity contribution in [3.8, 4) is 0 Å². The van der Waals surface area contributed by atoms with Gasteiger partial charge in [-0.05, 0) is 56.0 Å². The molecule has 0 atom stereocenters. The van der Waals surface area contributed by atoms with Crippen LogP contribution in [0.4, 0.5) is 5.69 Å². The number of carbonyl (C=O) groups is 3. The van der Waals surface area contributed by atoms with Gasteiger partial charge in [-0.1, -0.05) is 38.7 Å². The highest BCUT2D eigenvalue weighted by atomic mass is 16.2. The molecule has 0 unspecified atom stereocenters. The molecule has 0 saturated heterocycles. The van der Waals surface area contributed by atoms with Crippen LogP contribution in [-0.4, -0.2) is 35.6 Å². The number of allylic oxidation sites excluding steroid dienone is 1. The summed E-state index contributed by atoms with van der Waals surface area (Å²) >= 11 is 0. The highest BCUT2D eigenvalue weighted by molar-refractivity contribution is 6.00. The van der Waals surface area contributed by atoms with E-state index in [1.54, 1.807) is 31.2 Å². The molecule has 1 aromatic carbocycles. The van der Waals surface area contributed by atoms with E-state index in [0.717, 1.165) is 38.5 Å². The fourth-order valence-electron chi connectivity index (χ4n) is 3.78. The molecule has 0 spiro atoms. The van der Waals surface area contributed by atoms with Crippen molar-refractivity contribution < 1.29 is 14.4 Å². The smallest absolute Gasteiger partial charge is 0.248 e. The lowest BCUT2D eigenvalue weighted by atomic mass is 9.93. The summed E-state index contributed by atoms with van der Waals surface area (Å²) in [5, 5.41) is 2.82. The van der Waals surface area contributed by atoms with Crippen LogP contribution in [0.2, 0.25) is 0 Å². The summed E-state index contributed by atoms with van der Waals surface area (Å²) in [6.07, 6.45) is 11.8. The topological polar surface area (TPSA) is 66.5 Å². The minimum absolute atomic E-state index is 0.0740.